The maximum atomic E-state index is 12.7. The summed E-state index contributed by atoms with van der Waals surface area (Å²) >= 11 is 0. The quantitative estimate of drug-likeness (QED) is 0.878. The van der Waals surface area contributed by atoms with Gasteiger partial charge in [-0.15, -0.1) is 0 Å². The number of hydrogen-bond acceptors (Lipinski definition) is 2. The predicted octanol–water partition coefficient (Wildman–Crippen LogP) is 2.77. The van der Waals surface area contributed by atoms with Crippen molar-refractivity contribution in [1.29, 1.82) is 0 Å². The molecule has 3 nitrogen and oxygen atoms in total. The molecule has 1 aromatic rings. The lowest BCUT2D eigenvalue weighted by atomic mass is 10.0. The topological polar surface area (TPSA) is 55.1 Å². The maximum Gasteiger partial charge on any atom is 0.418 e. The molecule has 100 valence electrons. The van der Waals surface area contributed by atoms with Crippen LogP contribution >= 0.6 is 0 Å². The zero-order valence-corrected chi connectivity index (χ0v) is 10.1. The lowest BCUT2D eigenvalue weighted by Gasteiger charge is -2.19. The van der Waals surface area contributed by atoms with Crippen molar-refractivity contribution in [3.8, 4) is 0 Å². The largest absolute Gasteiger partial charge is 0.418 e. The van der Waals surface area contributed by atoms with Gasteiger partial charge in [0.15, 0.2) is 0 Å². The Labute approximate surface area is 103 Å². The fourth-order valence-electron chi connectivity index (χ4n) is 1.45. The molecule has 0 fully saturated rings. The molecule has 1 amide bonds. The monoisotopic (exact) mass is 260 g/mol. The van der Waals surface area contributed by atoms with Crippen molar-refractivity contribution in [3.05, 3.63) is 29.8 Å². The molecule has 0 aliphatic heterocycles. The van der Waals surface area contributed by atoms with Crippen LogP contribution in [0.25, 0.3) is 0 Å². The standard InChI is InChI=1S/C12H15F3N2O/c1-11(2,16)7-10(18)17-9-6-4-3-5-8(9)12(13,14)15/h3-6H,7,16H2,1-2H3,(H,17,18). The van der Waals surface area contributed by atoms with E-state index in [0.29, 0.717) is 0 Å². The van der Waals surface area contributed by atoms with E-state index in [2.05, 4.69) is 5.32 Å². The molecule has 18 heavy (non-hydrogen) atoms. The van der Waals surface area contributed by atoms with Crippen molar-refractivity contribution in [2.45, 2.75) is 32.0 Å². The Morgan fingerprint density at radius 3 is 2.33 bits per heavy atom. The van der Waals surface area contributed by atoms with E-state index in [9.17, 15) is 18.0 Å². The number of nitrogens with one attached hydrogen (secondary N) is 1. The minimum absolute atomic E-state index is 0.0564. The van der Waals surface area contributed by atoms with Crippen LogP contribution in [0.4, 0.5) is 18.9 Å². The lowest BCUT2D eigenvalue weighted by Crippen LogP contribution is -2.36. The minimum Gasteiger partial charge on any atom is -0.325 e. The van der Waals surface area contributed by atoms with Gasteiger partial charge < -0.3 is 11.1 Å². The van der Waals surface area contributed by atoms with Crippen molar-refractivity contribution in [2.75, 3.05) is 5.32 Å². The first-order valence-electron chi connectivity index (χ1n) is 5.34. The van der Waals surface area contributed by atoms with Crippen molar-refractivity contribution in [1.82, 2.24) is 0 Å². The van der Waals surface area contributed by atoms with E-state index in [-0.39, 0.29) is 12.1 Å². The number of alkyl halides is 3. The fraction of sp³-hybridized carbons (Fsp3) is 0.417. The molecule has 0 bridgehead atoms. The molecular weight excluding hydrogens is 245 g/mol. The van der Waals surface area contributed by atoms with Gasteiger partial charge in [0.2, 0.25) is 5.91 Å². The van der Waals surface area contributed by atoms with Crippen LogP contribution in [0.2, 0.25) is 0 Å². The highest BCUT2D eigenvalue weighted by Gasteiger charge is 2.33. The summed E-state index contributed by atoms with van der Waals surface area (Å²) in [6, 6.07) is 4.83. The number of carbonyl (C=O) groups is 1. The van der Waals surface area contributed by atoms with E-state index in [1.807, 2.05) is 0 Å². The van der Waals surface area contributed by atoms with Crippen LogP contribution in [0.3, 0.4) is 0 Å². The fourth-order valence-corrected chi connectivity index (χ4v) is 1.45. The van der Waals surface area contributed by atoms with Gasteiger partial charge in [-0.25, -0.2) is 0 Å². The average Bonchev–Trinajstić information content (AvgIpc) is 2.13. The highest BCUT2D eigenvalue weighted by molar-refractivity contribution is 5.92. The molecule has 0 unspecified atom stereocenters. The molecule has 0 aliphatic carbocycles. The summed E-state index contributed by atoms with van der Waals surface area (Å²) in [5, 5.41) is 2.23. The number of para-hydroxylation sites is 1. The average molecular weight is 260 g/mol. The molecule has 0 radical (unpaired) electrons. The molecule has 0 atom stereocenters. The summed E-state index contributed by atoms with van der Waals surface area (Å²) < 4.78 is 38.0. The second-order valence-electron chi connectivity index (χ2n) is 4.76. The SMILES string of the molecule is CC(C)(N)CC(=O)Nc1ccccc1C(F)(F)F. The number of hydrogen-bond donors (Lipinski definition) is 2. The molecule has 0 spiro atoms. The second kappa shape index (κ2) is 4.97. The first-order chi connectivity index (χ1) is 8.09. The highest BCUT2D eigenvalue weighted by atomic mass is 19.4. The first kappa shape index (κ1) is 14.5. The summed E-state index contributed by atoms with van der Waals surface area (Å²) in [7, 11) is 0. The molecule has 0 heterocycles. The van der Waals surface area contributed by atoms with E-state index in [1.165, 1.54) is 18.2 Å². The highest BCUT2D eigenvalue weighted by Crippen LogP contribution is 2.34. The van der Waals surface area contributed by atoms with E-state index in [0.717, 1.165) is 6.07 Å². The van der Waals surface area contributed by atoms with Crippen LogP contribution in [0, 0.1) is 0 Å². The normalized spacial score (nSPS) is 12.3. The Balaban J connectivity index is 2.89. The van der Waals surface area contributed by atoms with Gasteiger partial charge in [0.05, 0.1) is 11.3 Å². The van der Waals surface area contributed by atoms with E-state index < -0.39 is 23.2 Å². The Hall–Kier alpha value is -1.56. The van der Waals surface area contributed by atoms with Crippen LogP contribution in [0.15, 0.2) is 24.3 Å². The summed E-state index contributed by atoms with van der Waals surface area (Å²) in [5.74, 6) is -0.542. The van der Waals surface area contributed by atoms with Crippen LogP contribution in [0.5, 0.6) is 0 Å². The Morgan fingerprint density at radius 2 is 1.83 bits per heavy atom. The summed E-state index contributed by atoms with van der Waals surface area (Å²) in [4.78, 5) is 11.5. The molecule has 6 heteroatoms. The van der Waals surface area contributed by atoms with E-state index in [4.69, 9.17) is 5.73 Å². The summed E-state index contributed by atoms with van der Waals surface area (Å²) in [6.45, 7) is 3.25. The van der Waals surface area contributed by atoms with Crippen molar-refractivity contribution < 1.29 is 18.0 Å². The van der Waals surface area contributed by atoms with Crippen molar-refractivity contribution >= 4 is 11.6 Å². The summed E-state index contributed by atoms with van der Waals surface area (Å²) in [6.07, 6.45) is -4.55. The third-order valence-corrected chi connectivity index (χ3v) is 2.12. The Bertz CT molecular complexity index is 436. The number of nitrogens with two attached hydrogens (primary N) is 1. The van der Waals surface area contributed by atoms with Crippen LogP contribution in [-0.4, -0.2) is 11.4 Å². The zero-order chi connectivity index (χ0) is 14.0. The van der Waals surface area contributed by atoms with Gasteiger partial charge in [-0.1, -0.05) is 12.1 Å². The number of amides is 1. The maximum absolute atomic E-state index is 12.7. The van der Waals surface area contributed by atoms with Gasteiger partial charge in [0, 0.05) is 12.0 Å². The first-order valence-corrected chi connectivity index (χ1v) is 5.34. The smallest absolute Gasteiger partial charge is 0.325 e. The van der Waals surface area contributed by atoms with Gasteiger partial charge in [-0.05, 0) is 26.0 Å². The zero-order valence-electron chi connectivity index (χ0n) is 10.1. The second-order valence-corrected chi connectivity index (χ2v) is 4.76. The Kier molecular flexibility index (Phi) is 4.01. The molecular formula is C12H15F3N2O. The number of anilines is 1. The Morgan fingerprint density at radius 1 is 1.28 bits per heavy atom. The molecule has 0 aliphatic rings. The van der Waals surface area contributed by atoms with Gasteiger partial charge >= 0.3 is 6.18 Å². The lowest BCUT2D eigenvalue weighted by molar-refractivity contribution is -0.137. The number of rotatable bonds is 3. The number of benzene rings is 1. The number of carbonyl (C=O) groups excluding carboxylic acids is 1. The van der Waals surface area contributed by atoms with Gasteiger partial charge in [0.25, 0.3) is 0 Å². The van der Waals surface area contributed by atoms with Crippen molar-refractivity contribution in [2.24, 2.45) is 5.73 Å². The molecule has 1 rings (SSSR count). The van der Waals surface area contributed by atoms with Crippen LogP contribution in [0.1, 0.15) is 25.8 Å². The van der Waals surface area contributed by atoms with Gasteiger partial charge in [0.1, 0.15) is 0 Å². The molecule has 3 N–H and O–H groups in total. The van der Waals surface area contributed by atoms with E-state index in [1.54, 1.807) is 13.8 Å². The minimum atomic E-state index is -4.50. The van der Waals surface area contributed by atoms with Crippen LogP contribution < -0.4 is 11.1 Å². The van der Waals surface area contributed by atoms with E-state index >= 15 is 0 Å². The van der Waals surface area contributed by atoms with Gasteiger partial charge in [-0.3, -0.25) is 4.79 Å². The third-order valence-electron chi connectivity index (χ3n) is 2.12. The predicted molar refractivity (Wildman–Crippen MR) is 63.0 cm³/mol. The van der Waals surface area contributed by atoms with Crippen molar-refractivity contribution in [3.63, 3.8) is 0 Å². The molecule has 0 saturated heterocycles. The van der Waals surface area contributed by atoms with Gasteiger partial charge in [-0.2, -0.15) is 13.2 Å². The third kappa shape index (κ3) is 4.37. The summed E-state index contributed by atoms with van der Waals surface area (Å²) in [5.41, 5.74) is 3.75. The molecule has 0 saturated carbocycles. The molecule has 0 aromatic heterocycles. The van der Waals surface area contributed by atoms with Crippen LogP contribution in [-0.2, 0) is 11.0 Å². The number of halogens is 3. The molecule has 1 aromatic carbocycles.